The number of alkyl halides is 1. The number of fused-ring (bicyclic) bond motifs is 1. The quantitative estimate of drug-likeness (QED) is 0.435. The molecule has 3 rings (SSSR count). The zero-order valence-corrected chi connectivity index (χ0v) is 18.1. The average Bonchev–Trinajstić information content (AvgIpc) is 3.20. The summed E-state index contributed by atoms with van der Waals surface area (Å²) in [6.45, 7) is 5.19. The highest BCUT2D eigenvalue weighted by molar-refractivity contribution is 6.18. The second kappa shape index (κ2) is 8.52. The Labute approximate surface area is 177 Å². The number of carboxylic acid groups (broad SMARTS) is 1. The lowest BCUT2D eigenvalue weighted by Gasteiger charge is -2.28. The van der Waals surface area contributed by atoms with E-state index in [0.29, 0.717) is 31.3 Å². The summed E-state index contributed by atoms with van der Waals surface area (Å²) in [5, 5.41) is 10.3. The van der Waals surface area contributed by atoms with Crippen molar-refractivity contribution < 1.29 is 24.2 Å². The second-order valence-electron chi connectivity index (χ2n) is 8.14. The number of amides is 1. The minimum Gasteiger partial charge on any atom is -0.497 e. The Kier molecular flexibility index (Phi) is 6.44. The number of rotatable bonds is 11. The fourth-order valence-electron chi connectivity index (χ4n) is 5.21. The SMILES string of the molecule is CCCCOCC1C2(C)C(CCCl)C(=O)N(Cc3ccc(OC)cc3)C12C(=O)O. The van der Waals surface area contributed by atoms with E-state index in [2.05, 4.69) is 6.92 Å². The standard InChI is InChI=1S/C22H30ClNO5/c1-4-5-12-29-14-18-21(2)17(10-11-23)19(25)24(22(18,21)20(26)27)13-15-6-8-16(28-3)9-7-15/h6-9,17-18H,4-5,10-14H2,1-3H3,(H,26,27). The van der Waals surface area contributed by atoms with Crippen LogP contribution in [-0.2, 0) is 20.9 Å². The first-order valence-electron chi connectivity index (χ1n) is 10.2. The maximum Gasteiger partial charge on any atom is 0.330 e. The van der Waals surface area contributed by atoms with E-state index in [9.17, 15) is 14.7 Å². The summed E-state index contributed by atoms with van der Waals surface area (Å²) >= 11 is 5.99. The Balaban J connectivity index is 1.90. The molecule has 1 saturated carbocycles. The zero-order chi connectivity index (χ0) is 21.2. The van der Waals surface area contributed by atoms with E-state index in [0.717, 1.165) is 18.4 Å². The summed E-state index contributed by atoms with van der Waals surface area (Å²) in [7, 11) is 1.59. The molecule has 1 aromatic carbocycles. The van der Waals surface area contributed by atoms with Crippen molar-refractivity contribution in [2.75, 3.05) is 26.2 Å². The van der Waals surface area contributed by atoms with Gasteiger partial charge < -0.3 is 19.5 Å². The molecule has 1 aliphatic heterocycles. The summed E-state index contributed by atoms with van der Waals surface area (Å²) in [5.74, 6) is -0.698. The van der Waals surface area contributed by atoms with Crippen molar-refractivity contribution in [2.24, 2.45) is 17.3 Å². The lowest BCUT2D eigenvalue weighted by atomic mass is 9.86. The molecule has 1 amide bonds. The third-order valence-corrected chi connectivity index (χ3v) is 7.05. The van der Waals surface area contributed by atoms with E-state index in [4.69, 9.17) is 21.1 Å². The van der Waals surface area contributed by atoms with Gasteiger partial charge in [0.2, 0.25) is 5.91 Å². The summed E-state index contributed by atoms with van der Waals surface area (Å²) in [5.41, 5.74) is -1.05. The fourth-order valence-corrected chi connectivity index (χ4v) is 5.42. The van der Waals surface area contributed by atoms with Gasteiger partial charge in [0.15, 0.2) is 5.54 Å². The molecular weight excluding hydrogens is 394 g/mol. The highest BCUT2D eigenvalue weighted by Crippen LogP contribution is 2.74. The maximum atomic E-state index is 13.2. The molecule has 1 saturated heterocycles. The van der Waals surface area contributed by atoms with Gasteiger partial charge in [-0.3, -0.25) is 4.79 Å². The number of nitrogens with zero attached hydrogens (tertiary/aromatic N) is 1. The van der Waals surface area contributed by atoms with E-state index in [1.807, 2.05) is 31.2 Å². The number of piperidine rings is 1. The lowest BCUT2D eigenvalue weighted by molar-refractivity contribution is -0.152. The van der Waals surface area contributed by atoms with Crippen LogP contribution in [0.1, 0.15) is 38.7 Å². The van der Waals surface area contributed by atoms with E-state index >= 15 is 0 Å². The molecule has 4 atom stereocenters. The minimum atomic E-state index is -1.24. The molecule has 0 aromatic heterocycles. The van der Waals surface area contributed by atoms with Crippen LogP contribution in [0.4, 0.5) is 0 Å². The van der Waals surface area contributed by atoms with E-state index in [1.165, 1.54) is 0 Å². The normalized spacial score (nSPS) is 30.3. The summed E-state index contributed by atoms with van der Waals surface area (Å²) < 4.78 is 11.0. The minimum absolute atomic E-state index is 0.129. The Morgan fingerprint density at radius 1 is 1.31 bits per heavy atom. The van der Waals surface area contributed by atoms with Crippen molar-refractivity contribution in [1.82, 2.24) is 4.90 Å². The molecule has 1 aliphatic carbocycles. The number of methoxy groups -OCH3 is 1. The topological polar surface area (TPSA) is 76.1 Å². The Hall–Kier alpha value is -1.79. The van der Waals surface area contributed by atoms with E-state index < -0.39 is 22.8 Å². The molecule has 1 aromatic rings. The van der Waals surface area contributed by atoms with Gasteiger partial charge in [-0.05, 0) is 30.5 Å². The number of carboxylic acids is 1. The van der Waals surface area contributed by atoms with Crippen LogP contribution in [0.2, 0.25) is 0 Å². The number of halogens is 1. The van der Waals surface area contributed by atoms with Crippen LogP contribution in [0.5, 0.6) is 5.75 Å². The molecule has 6 nitrogen and oxygen atoms in total. The molecule has 2 aliphatic rings. The van der Waals surface area contributed by atoms with Gasteiger partial charge in [-0.25, -0.2) is 4.79 Å². The number of carbonyl (C=O) groups is 2. The summed E-state index contributed by atoms with van der Waals surface area (Å²) in [6, 6.07) is 7.36. The Morgan fingerprint density at radius 3 is 2.55 bits per heavy atom. The summed E-state index contributed by atoms with van der Waals surface area (Å²) in [6.07, 6.45) is 2.42. The van der Waals surface area contributed by atoms with Gasteiger partial charge in [0, 0.05) is 36.3 Å². The predicted molar refractivity (Wildman–Crippen MR) is 110 cm³/mol. The molecule has 0 spiro atoms. The van der Waals surface area contributed by atoms with Crippen molar-refractivity contribution in [2.45, 2.75) is 45.2 Å². The van der Waals surface area contributed by atoms with Gasteiger partial charge in [-0.1, -0.05) is 32.4 Å². The van der Waals surface area contributed by atoms with E-state index in [-0.39, 0.29) is 18.4 Å². The predicted octanol–water partition coefficient (Wildman–Crippen LogP) is 3.56. The molecule has 160 valence electrons. The number of unbranched alkanes of at least 4 members (excludes halogenated alkanes) is 1. The third kappa shape index (κ3) is 3.30. The number of hydrogen-bond donors (Lipinski definition) is 1. The molecule has 1 N–H and O–H groups in total. The molecular formula is C22H30ClNO5. The Bertz CT molecular complexity index is 754. The number of hydrogen-bond acceptors (Lipinski definition) is 4. The first kappa shape index (κ1) is 21.9. The van der Waals surface area contributed by atoms with Gasteiger partial charge in [-0.2, -0.15) is 0 Å². The number of aliphatic carboxylic acids is 1. The van der Waals surface area contributed by atoms with Gasteiger partial charge in [0.05, 0.1) is 13.7 Å². The Morgan fingerprint density at radius 2 is 2.00 bits per heavy atom. The fraction of sp³-hybridized carbons (Fsp3) is 0.636. The molecule has 29 heavy (non-hydrogen) atoms. The molecule has 0 radical (unpaired) electrons. The number of likely N-dealkylation sites (tertiary alicyclic amines) is 1. The van der Waals surface area contributed by atoms with Gasteiger partial charge in [0.25, 0.3) is 0 Å². The molecule has 0 bridgehead atoms. The van der Waals surface area contributed by atoms with Crippen molar-refractivity contribution in [3.8, 4) is 5.75 Å². The van der Waals surface area contributed by atoms with Crippen molar-refractivity contribution in [3.05, 3.63) is 29.8 Å². The van der Waals surface area contributed by atoms with E-state index in [1.54, 1.807) is 12.0 Å². The monoisotopic (exact) mass is 423 g/mol. The lowest BCUT2D eigenvalue weighted by Crippen LogP contribution is -2.47. The first-order valence-corrected chi connectivity index (χ1v) is 10.7. The van der Waals surface area contributed by atoms with Crippen LogP contribution in [0.25, 0.3) is 0 Å². The van der Waals surface area contributed by atoms with Crippen LogP contribution >= 0.6 is 11.6 Å². The number of ether oxygens (including phenoxy) is 2. The third-order valence-electron chi connectivity index (χ3n) is 6.83. The molecule has 2 fully saturated rings. The maximum absolute atomic E-state index is 13.2. The molecule has 7 heteroatoms. The average molecular weight is 424 g/mol. The van der Waals surface area contributed by atoms with Crippen molar-refractivity contribution in [1.29, 1.82) is 0 Å². The van der Waals surface area contributed by atoms with Crippen molar-refractivity contribution in [3.63, 3.8) is 0 Å². The summed E-state index contributed by atoms with van der Waals surface area (Å²) in [4.78, 5) is 27.4. The van der Waals surface area contributed by atoms with Gasteiger partial charge in [-0.15, -0.1) is 11.6 Å². The smallest absolute Gasteiger partial charge is 0.330 e. The van der Waals surface area contributed by atoms with Crippen molar-refractivity contribution >= 4 is 23.5 Å². The second-order valence-corrected chi connectivity index (χ2v) is 8.52. The first-order chi connectivity index (χ1) is 13.9. The van der Waals surface area contributed by atoms with Crippen LogP contribution in [0.15, 0.2) is 24.3 Å². The number of benzene rings is 1. The van der Waals surface area contributed by atoms with Gasteiger partial charge in [0.1, 0.15) is 5.75 Å². The number of carbonyl (C=O) groups excluding carboxylic acids is 1. The highest BCUT2D eigenvalue weighted by atomic mass is 35.5. The molecule has 1 heterocycles. The highest BCUT2D eigenvalue weighted by Gasteiger charge is 2.88. The van der Waals surface area contributed by atoms with Gasteiger partial charge >= 0.3 is 5.97 Å². The van der Waals surface area contributed by atoms with Crippen LogP contribution < -0.4 is 4.74 Å². The zero-order valence-electron chi connectivity index (χ0n) is 17.3. The van der Waals surface area contributed by atoms with Crippen LogP contribution in [-0.4, -0.2) is 53.6 Å². The molecule has 4 unspecified atom stereocenters. The van der Waals surface area contributed by atoms with Crippen LogP contribution in [0, 0.1) is 17.3 Å². The largest absolute Gasteiger partial charge is 0.497 e. The van der Waals surface area contributed by atoms with Crippen LogP contribution in [0.3, 0.4) is 0 Å².